The van der Waals surface area contributed by atoms with Crippen LogP contribution in [0.4, 0.5) is 8.78 Å². The van der Waals surface area contributed by atoms with E-state index in [1.165, 1.54) is 44.6 Å². The Balaban J connectivity index is 2.58. The fraction of sp³-hybridized carbons (Fsp3) is 0.222. The molecular weight excluding hydrogens is 318 g/mol. The van der Waals surface area contributed by atoms with E-state index in [1.807, 2.05) is 0 Å². The molecule has 4 nitrogen and oxygen atoms in total. The van der Waals surface area contributed by atoms with Gasteiger partial charge in [-0.25, -0.2) is 0 Å². The van der Waals surface area contributed by atoms with Crippen LogP contribution in [0, 0.1) is 0 Å². The summed E-state index contributed by atoms with van der Waals surface area (Å²) in [6.45, 7) is 2.19. The number of methoxy groups -OCH3 is 2. The zero-order valence-electron chi connectivity index (χ0n) is 13.6. The van der Waals surface area contributed by atoms with Crippen LogP contribution < -0.4 is 14.2 Å². The van der Waals surface area contributed by atoms with Crippen LogP contribution >= 0.6 is 0 Å². The first-order valence-electron chi connectivity index (χ1n) is 7.25. The molecule has 0 aliphatic carbocycles. The van der Waals surface area contributed by atoms with Gasteiger partial charge in [-0.3, -0.25) is 0 Å². The number of ether oxygens (including phenoxy) is 3. The molecule has 0 atom stereocenters. The fourth-order valence-corrected chi connectivity index (χ4v) is 2.31. The average Bonchev–Trinajstić information content (AvgIpc) is 2.55. The van der Waals surface area contributed by atoms with Crippen molar-refractivity contribution >= 4 is 5.57 Å². The van der Waals surface area contributed by atoms with Crippen LogP contribution in [0.15, 0.2) is 42.5 Å². The quantitative estimate of drug-likeness (QED) is 0.846. The number of phenolic OH excluding ortho intramolecular Hbond substituents is 1. The Morgan fingerprint density at radius 2 is 1.67 bits per heavy atom. The molecule has 2 aromatic rings. The SMILES string of the molecule is CCOc1cc(OC)cc(C(=C(F)F)c2ccc(OC)c(O)c2)c1. The van der Waals surface area contributed by atoms with Crippen LogP contribution in [-0.2, 0) is 0 Å². The number of benzene rings is 2. The highest BCUT2D eigenvalue weighted by molar-refractivity contribution is 5.82. The van der Waals surface area contributed by atoms with Gasteiger partial charge in [0.1, 0.15) is 11.5 Å². The van der Waals surface area contributed by atoms with Crippen molar-refractivity contribution < 1.29 is 28.1 Å². The Labute approximate surface area is 138 Å². The first kappa shape index (κ1) is 17.6. The van der Waals surface area contributed by atoms with E-state index in [0.29, 0.717) is 18.1 Å². The standard InChI is InChI=1S/C18H18F2O4/c1-4-24-14-8-12(7-13(10-14)22-2)17(18(19)20)11-5-6-16(23-3)15(21)9-11/h5-10,21H,4H2,1-3H3. The molecular formula is C18H18F2O4. The van der Waals surface area contributed by atoms with E-state index in [2.05, 4.69) is 0 Å². The monoisotopic (exact) mass is 336 g/mol. The maximum atomic E-state index is 13.6. The minimum absolute atomic E-state index is 0.156. The molecule has 0 unspecified atom stereocenters. The predicted molar refractivity (Wildman–Crippen MR) is 87.1 cm³/mol. The summed E-state index contributed by atoms with van der Waals surface area (Å²) in [4.78, 5) is 0. The van der Waals surface area contributed by atoms with Gasteiger partial charge in [-0.2, -0.15) is 8.78 Å². The van der Waals surface area contributed by atoms with Gasteiger partial charge in [-0.05, 0) is 42.3 Å². The third-order valence-electron chi connectivity index (χ3n) is 3.37. The second kappa shape index (κ2) is 7.68. The van der Waals surface area contributed by atoms with Gasteiger partial charge in [0.15, 0.2) is 11.5 Å². The second-order valence-electron chi connectivity index (χ2n) is 4.85. The zero-order valence-corrected chi connectivity index (χ0v) is 13.6. The van der Waals surface area contributed by atoms with Gasteiger partial charge in [0.05, 0.1) is 26.4 Å². The predicted octanol–water partition coefficient (Wildman–Crippen LogP) is 4.46. The lowest BCUT2D eigenvalue weighted by molar-refractivity contribution is 0.336. The average molecular weight is 336 g/mol. The van der Waals surface area contributed by atoms with Crippen molar-refractivity contribution in [2.75, 3.05) is 20.8 Å². The second-order valence-corrected chi connectivity index (χ2v) is 4.85. The number of hydrogen-bond acceptors (Lipinski definition) is 4. The van der Waals surface area contributed by atoms with Gasteiger partial charge in [-0.1, -0.05) is 6.07 Å². The minimum atomic E-state index is -1.88. The van der Waals surface area contributed by atoms with Crippen LogP contribution in [0.1, 0.15) is 18.1 Å². The largest absolute Gasteiger partial charge is 0.504 e. The molecule has 0 aliphatic heterocycles. The van der Waals surface area contributed by atoms with E-state index < -0.39 is 6.08 Å². The fourth-order valence-electron chi connectivity index (χ4n) is 2.31. The first-order valence-corrected chi connectivity index (χ1v) is 7.25. The third kappa shape index (κ3) is 3.76. The highest BCUT2D eigenvalue weighted by atomic mass is 19.3. The van der Waals surface area contributed by atoms with E-state index >= 15 is 0 Å². The Hall–Kier alpha value is -2.76. The van der Waals surface area contributed by atoms with Crippen molar-refractivity contribution in [3.63, 3.8) is 0 Å². The molecule has 128 valence electrons. The van der Waals surface area contributed by atoms with E-state index in [0.717, 1.165) is 0 Å². The normalized spacial score (nSPS) is 10.2. The van der Waals surface area contributed by atoms with Crippen molar-refractivity contribution in [1.82, 2.24) is 0 Å². The van der Waals surface area contributed by atoms with Crippen LogP contribution in [0.25, 0.3) is 5.57 Å². The van der Waals surface area contributed by atoms with E-state index in [9.17, 15) is 13.9 Å². The van der Waals surface area contributed by atoms with Crippen molar-refractivity contribution in [1.29, 1.82) is 0 Å². The third-order valence-corrected chi connectivity index (χ3v) is 3.37. The summed E-state index contributed by atoms with van der Waals surface area (Å²) >= 11 is 0. The maximum absolute atomic E-state index is 13.6. The summed E-state index contributed by atoms with van der Waals surface area (Å²) in [5.74, 6) is 0.801. The smallest absolute Gasteiger partial charge is 0.278 e. The topological polar surface area (TPSA) is 47.9 Å². The molecule has 0 spiro atoms. The molecule has 0 saturated heterocycles. The minimum Gasteiger partial charge on any atom is -0.504 e. The van der Waals surface area contributed by atoms with Gasteiger partial charge < -0.3 is 19.3 Å². The number of phenols is 1. The summed E-state index contributed by atoms with van der Waals surface area (Å²) in [6.07, 6.45) is -1.88. The summed E-state index contributed by atoms with van der Waals surface area (Å²) in [5, 5.41) is 9.87. The molecule has 0 amide bonds. The molecule has 0 bridgehead atoms. The van der Waals surface area contributed by atoms with Gasteiger partial charge in [0, 0.05) is 6.07 Å². The molecule has 6 heteroatoms. The molecule has 0 fully saturated rings. The molecule has 1 N–H and O–H groups in total. The summed E-state index contributed by atoms with van der Waals surface area (Å²) < 4.78 is 42.7. The van der Waals surface area contributed by atoms with Gasteiger partial charge >= 0.3 is 0 Å². The molecule has 2 rings (SSSR count). The molecule has 0 heterocycles. The Kier molecular flexibility index (Phi) is 5.63. The van der Waals surface area contributed by atoms with Crippen molar-refractivity contribution in [2.45, 2.75) is 6.92 Å². The Bertz CT molecular complexity index is 753. The van der Waals surface area contributed by atoms with Crippen molar-refractivity contribution in [3.8, 4) is 23.0 Å². The lowest BCUT2D eigenvalue weighted by Gasteiger charge is -2.13. The molecule has 0 radical (unpaired) electrons. The summed E-state index contributed by atoms with van der Waals surface area (Å²) in [7, 11) is 2.83. The van der Waals surface area contributed by atoms with Gasteiger partial charge in [0.2, 0.25) is 0 Å². The van der Waals surface area contributed by atoms with Crippen LogP contribution in [0.3, 0.4) is 0 Å². The van der Waals surface area contributed by atoms with E-state index in [-0.39, 0.29) is 28.2 Å². The van der Waals surface area contributed by atoms with Crippen LogP contribution in [-0.4, -0.2) is 25.9 Å². The maximum Gasteiger partial charge on any atom is 0.278 e. The first-order chi connectivity index (χ1) is 11.5. The van der Waals surface area contributed by atoms with Gasteiger partial charge in [0.25, 0.3) is 6.08 Å². The summed E-state index contributed by atoms with van der Waals surface area (Å²) in [5.41, 5.74) is 0.0687. The molecule has 0 aromatic heterocycles. The molecule has 0 saturated carbocycles. The van der Waals surface area contributed by atoms with Crippen molar-refractivity contribution in [3.05, 3.63) is 53.6 Å². The highest BCUT2D eigenvalue weighted by Gasteiger charge is 2.16. The van der Waals surface area contributed by atoms with Crippen LogP contribution in [0.2, 0.25) is 0 Å². The molecule has 0 aliphatic rings. The Morgan fingerprint density at radius 3 is 2.21 bits per heavy atom. The van der Waals surface area contributed by atoms with Gasteiger partial charge in [-0.15, -0.1) is 0 Å². The zero-order chi connectivity index (χ0) is 17.7. The van der Waals surface area contributed by atoms with E-state index in [1.54, 1.807) is 13.0 Å². The highest BCUT2D eigenvalue weighted by Crippen LogP contribution is 2.37. The number of rotatable bonds is 6. The lowest BCUT2D eigenvalue weighted by Crippen LogP contribution is -1.97. The molecule has 2 aromatic carbocycles. The number of hydrogen-bond donors (Lipinski definition) is 1. The van der Waals surface area contributed by atoms with E-state index in [4.69, 9.17) is 14.2 Å². The summed E-state index contributed by atoms with van der Waals surface area (Å²) in [6, 6.07) is 8.71. The number of halogens is 2. The van der Waals surface area contributed by atoms with Crippen LogP contribution in [0.5, 0.6) is 23.0 Å². The lowest BCUT2D eigenvalue weighted by atomic mass is 9.98. The van der Waals surface area contributed by atoms with Crippen molar-refractivity contribution in [2.24, 2.45) is 0 Å². The molecule has 24 heavy (non-hydrogen) atoms. The Morgan fingerprint density at radius 1 is 0.958 bits per heavy atom. The number of aromatic hydroxyl groups is 1.